The first-order valence-electron chi connectivity index (χ1n) is 10.4. The maximum atomic E-state index is 13.0. The quantitative estimate of drug-likeness (QED) is 0.523. The number of benzene rings is 2. The van der Waals surface area contributed by atoms with Crippen molar-refractivity contribution < 1.29 is 14.3 Å². The summed E-state index contributed by atoms with van der Waals surface area (Å²) in [6.07, 6.45) is 1.73. The number of carbonyl (C=O) groups excluding carboxylic acids is 2. The lowest BCUT2D eigenvalue weighted by atomic mass is 10.1. The molecule has 0 bridgehead atoms. The molecule has 2 aromatic rings. The SMILES string of the molecule is CCCNC(=O)C(C)N(Cc1ccccc1C)C(=O)CCCOc1ccc(Cl)cc1. The summed E-state index contributed by atoms with van der Waals surface area (Å²) >= 11 is 5.88. The Hall–Kier alpha value is -2.53. The molecule has 1 atom stereocenters. The minimum atomic E-state index is -0.541. The molecule has 2 amide bonds. The van der Waals surface area contributed by atoms with Gasteiger partial charge in [0.2, 0.25) is 11.8 Å². The number of amides is 2. The monoisotopic (exact) mass is 430 g/mol. The van der Waals surface area contributed by atoms with Crippen LogP contribution < -0.4 is 10.1 Å². The highest BCUT2D eigenvalue weighted by atomic mass is 35.5. The molecule has 2 aromatic carbocycles. The third-order valence-electron chi connectivity index (χ3n) is 4.94. The van der Waals surface area contributed by atoms with E-state index in [0.29, 0.717) is 37.6 Å². The fraction of sp³-hybridized carbons (Fsp3) is 0.417. The lowest BCUT2D eigenvalue weighted by molar-refractivity contribution is -0.140. The van der Waals surface area contributed by atoms with Crippen molar-refractivity contribution in [3.05, 3.63) is 64.7 Å². The molecular formula is C24H31ClN2O3. The molecule has 0 aliphatic carbocycles. The number of carbonyl (C=O) groups is 2. The molecular weight excluding hydrogens is 400 g/mol. The maximum Gasteiger partial charge on any atom is 0.242 e. The molecule has 0 heterocycles. The second-order valence-corrected chi connectivity index (χ2v) is 7.76. The molecule has 0 aliphatic rings. The van der Waals surface area contributed by atoms with Gasteiger partial charge in [-0.1, -0.05) is 42.8 Å². The Morgan fingerprint density at radius 2 is 1.83 bits per heavy atom. The lowest BCUT2D eigenvalue weighted by Crippen LogP contribution is -2.47. The number of nitrogens with one attached hydrogen (secondary N) is 1. The minimum Gasteiger partial charge on any atom is -0.494 e. The van der Waals surface area contributed by atoms with Crippen molar-refractivity contribution in [3.8, 4) is 5.75 Å². The van der Waals surface area contributed by atoms with Crippen molar-refractivity contribution >= 4 is 23.4 Å². The van der Waals surface area contributed by atoms with Crippen LogP contribution in [0.25, 0.3) is 0 Å². The summed E-state index contributed by atoms with van der Waals surface area (Å²) in [6, 6.07) is 14.5. The average Bonchev–Trinajstić information content (AvgIpc) is 2.75. The van der Waals surface area contributed by atoms with Gasteiger partial charge in [0, 0.05) is 24.5 Å². The van der Waals surface area contributed by atoms with E-state index < -0.39 is 6.04 Å². The van der Waals surface area contributed by atoms with E-state index in [-0.39, 0.29) is 11.8 Å². The zero-order chi connectivity index (χ0) is 21.9. The Kier molecular flexibility index (Phi) is 9.68. The maximum absolute atomic E-state index is 13.0. The normalized spacial score (nSPS) is 11.6. The van der Waals surface area contributed by atoms with Gasteiger partial charge in [0.1, 0.15) is 11.8 Å². The summed E-state index contributed by atoms with van der Waals surface area (Å²) in [4.78, 5) is 27.2. The first-order valence-corrected chi connectivity index (χ1v) is 10.8. The molecule has 2 rings (SSSR count). The second kappa shape index (κ2) is 12.2. The molecule has 0 fully saturated rings. The Balaban J connectivity index is 1.98. The third kappa shape index (κ3) is 7.38. The zero-order valence-electron chi connectivity index (χ0n) is 18.0. The first kappa shape index (κ1) is 23.7. The molecule has 0 saturated carbocycles. The molecule has 0 aliphatic heterocycles. The summed E-state index contributed by atoms with van der Waals surface area (Å²) in [5.41, 5.74) is 2.14. The van der Waals surface area contributed by atoms with E-state index in [9.17, 15) is 9.59 Å². The van der Waals surface area contributed by atoms with Crippen LogP contribution >= 0.6 is 11.6 Å². The average molecular weight is 431 g/mol. The molecule has 0 spiro atoms. The number of hydrogen-bond acceptors (Lipinski definition) is 3. The van der Waals surface area contributed by atoms with E-state index in [4.69, 9.17) is 16.3 Å². The highest BCUT2D eigenvalue weighted by Gasteiger charge is 2.25. The molecule has 0 aromatic heterocycles. The van der Waals surface area contributed by atoms with E-state index in [0.717, 1.165) is 23.3 Å². The molecule has 30 heavy (non-hydrogen) atoms. The summed E-state index contributed by atoms with van der Waals surface area (Å²) in [7, 11) is 0. The Bertz CT molecular complexity index is 823. The van der Waals surface area contributed by atoms with Crippen LogP contribution in [0.15, 0.2) is 48.5 Å². The standard InChI is InChI=1S/C24H31ClN2O3/c1-4-15-26-24(29)19(3)27(17-20-9-6-5-8-18(20)2)23(28)10-7-16-30-22-13-11-21(25)12-14-22/h5-6,8-9,11-14,19H,4,7,10,15-17H2,1-3H3,(H,26,29). The molecule has 6 heteroatoms. The third-order valence-corrected chi connectivity index (χ3v) is 5.19. The fourth-order valence-corrected chi connectivity index (χ4v) is 3.16. The lowest BCUT2D eigenvalue weighted by Gasteiger charge is -2.29. The molecule has 1 unspecified atom stereocenters. The van der Waals surface area contributed by atoms with E-state index in [1.807, 2.05) is 38.1 Å². The van der Waals surface area contributed by atoms with Gasteiger partial charge in [-0.2, -0.15) is 0 Å². The van der Waals surface area contributed by atoms with Gasteiger partial charge in [0.15, 0.2) is 0 Å². The van der Waals surface area contributed by atoms with Crippen LogP contribution in [0.5, 0.6) is 5.75 Å². The Labute approximate surface area is 184 Å². The number of nitrogens with zero attached hydrogens (tertiary/aromatic N) is 1. The highest BCUT2D eigenvalue weighted by molar-refractivity contribution is 6.30. The van der Waals surface area contributed by atoms with Crippen LogP contribution in [0, 0.1) is 6.92 Å². The summed E-state index contributed by atoms with van der Waals surface area (Å²) in [5.74, 6) is 0.532. The van der Waals surface area contributed by atoms with Crippen LogP contribution in [0.1, 0.15) is 44.2 Å². The van der Waals surface area contributed by atoms with Crippen LogP contribution in [0.4, 0.5) is 0 Å². The van der Waals surface area contributed by atoms with Gasteiger partial charge in [-0.3, -0.25) is 9.59 Å². The van der Waals surface area contributed by atoms with Gasteiger partial charge in [0.05, 0.1) is 6.61 Å². The minimum absolute atomic E-state index is 0.0582. The van der Waals surface area contributed by atoms with Gasteiger partial charge in [-0.05, 0) is 62.1 Å². The number of rotatable bonds is 11. The van der Waals surface area contributed by atoms with Crippen molar-refractivity contribution in [1.82, 2.24) is 10.2 Å². The topological polar surface area (TPSA) is 58.6 Å². The van der Waals surface area contributed by atoms with Gasteiger partial charge < -0.3 is 15.0 Å². The van der Waals surface area contributed by atoms with Crippen LogP contribution in [-0.4, -0.2) is 35.9 Å². The second-order valence-electron chi connectivity index (χ2n) is 7.32. The smallest absolute Gasteiger partial charge is 0.242 e. The predicted molar refractivity (Wildman–Crippen MR) is 121 cm³/mol. The van der Waals surface area contributed by atoms with Crippen molar-refractivity contribution in [2.75, 3.05) is 13.2 Å². The number of halogens is 1. The number of hydrogen-bond donors (Lipinski definition) is 1. The van der Waals surface area contributed by atoms with Crippen molar-refractivity contribution in [1.29, 1.82) is 0 Å². The molecule has 1 N–H and O–H groups in total. The number of aryl methyl sites for hydroxylation is 1. The highest BCUT2D eigenvalue weighted by Crippen LogP contribution is 2.17. The zero-order valence-corrected chi connectivity index (χ0v) is 18.7. The first-order chi connectivity index (χ1) is 14.4. The van der Waals surface area contributed by atoms with Gasteiger partial charge in [-0.15, -0.1) is 0 Å². The van der Waals surface area contributed by atoms with Gasteiger partial charge in [-0.25, -0.2) is 0 Å². The molecule has 0 radical (unpaired) electrons. The predicted octanol–water partition coefficient (Wildman–Crippen LogP) is 4.75. The van der Waals surface area contributed by atoms with Crippen LogP contribution in [-0.2, 0) is 16.1 Å². The van der Waals surface area contributed by atoms with Crippen molar-refractivity contribution in [2.24, 2.45) is 0 Å². The van der Waals surface area contributed by atoms with E-state index in [1.165, 1.54) is 0 Å². The molecule has 0 saturated heterocycles. The summed E-state index contributed by atoms with van der Waals surface area (Å²) in [5, 5.41) is 3.55. The van der Waals surface area contributed by atoms with E-state index in [1.54, 1.807) is 36.1 Å². The number of ether oxygens (including phenoxy) is 1. The molecule has 5 nitrogen and oxygen atoms in total. The van der Waals surface area contributed by atoms with Gasteiger partial charge in [0.25, 0.3) is 0 Å². The van der Waals surface area contributed by atoms with Crippen LogP contribution in [0.2, 0.25) is 5.02 Å². The summed E-state index contributed by atoms with van der Waals surface area (Å²) in [6.45, 7) is 7.23. The Morgan fingerprint density at radius 1 is 1.13 bits per heavy atom. The van der Waals surface area contributed by atoms with Crippen molar-refractivity contribution in [3.63, 3.8) is 0 Å². The van der Waals surface area contributed by atoms with E-state index >= 15 is 0 Å². The largest absolute Gasteiger partial charge is 0.494 e. The fourth-order valence-electron chi connectivity index (χ4n) is 3.04. The van der Waals surface area contributed by atoms with Crippen LogP contribution in [0.3, 0.4) is 0 Å². The Morgan fingerprint density at radius 3 is 2.50 bits per heavy atom. The van der Waals surface area contributed by atoms with Gasteiger partial charge >= 0.3 is 0 Å². The molecule has 162 valence electrons. The van der Waals surface area contributed by atoms with E-state index in [2.05, 4.69) is 5.32 Å². The summed E-state index contributed by atoms with van der Waals surface area (Å²) < 4.78 is 5.68. The van der Waals surface area contributed by atoms with Crippen molar-refractivity contribution in [2.45, 2.75) is 52.6 Å².